The third kappa shape index (κ3) is 2.08. The summed E-state index contributed by atoms with van der Waals surface area (Å²) in [5.41, 5.74) is 3.96. The summed E-state index contributed by atoms with van der Waals surface area (Å²) < 4.78 is 2.63. The molecule has 0 fully saturated rings. The molecule has 2 rings (SSSR count). The third-order valence-electron chi connectivity index (χ3n) is 2.31. The van der Waals surface area contributed by atoms with E-state index in [2.05, 4.69) is 26.0 Å². The van der Waals surface area contributed by atoms with Crippen LogP contribution >= 0.6 is 27.3 Å². The van der Waals surface area contributed by atoms with Crippen LogP contribution in [0.3, 0.4) is 0 Å². The van der Waals surface area contributed by atoms with Gasteiger partial charge in [0.25, 0.3) is 0 Å². The van der Waals surface area contributed by atoms with Crippen molar-refractivity contribution >= 4 is 33.0 Å². The molecular weight excluding hydrogens is 290 g/mol. The number of carbonyl (C=O) groups excluding carboxylic acids is 1. The maximum atomic E-state index is 11.9. The summed E-state index contributed by atoms with van der Waals surface area (Å²) in [5, 5.41) is 6.01. The van der Waals surface area contributed by atoms with Gasteiger partial charge in [0.15, 0.2) is 5.78 Å². The van der Waals surface area contributed by atoms with E-state index in [1.165, 1.54) is 11.3 Å². The summed E-state index contributed by atoms with van der Waals surface area (Å²) >= 11 is 4.87. The molecule has 0 N–H and O–H groups in total. The molecule has 0 aromatic carbocycles. The Labute approximate surface area is 105 Å². The Bertz CT molecular complexity index is 518. The van der Waals surface area contributed by atoms with Gasteiger partial charge in [0.2, 0.25) is 0 Å². The first-order valence-corrected chi connectivity index (χ1v) is 6.42. The van der Waals surface area contributed by atoms with Gasteiger partial charge in [0.1, 0.15) is 5.69 Å². The maximum absolute atomic E-state index is 11.9. The number of aromatic nitrogens is 3. The number of hydrogen-bond acceptors (Lipinski definition) is 4. The summed E-state index contributed by atoms with van der Waals surface area (Å²) in [6.45, 7) is 1.90. The van der Waals surface area contributed by atoms with Crippen LogP contribution in [-0.4, -0.2) is 20.5 Å². The molecule has 0 saturated heterocycles. The molecule has 2 aromatic rings. The van der Waals surface area contributed by atoms with Crippen LogP contribution in [0.25, 0.3) is 0 Å². The lowest BCUT2D eigenvalue weighted by atomic mass is 10.2. The number of halogens is 1. The van der Waals surface area contributed by atoms with E-state index in [0.717, 1.165) is 15.9 Å². The summed E-state index contributed by atoms with van der Waals surface area (Å²) in [5.74, 6) is 0.0185. The molecule has 16 heavy (non-hydrogen) atoms. The number of nitrogens with zero attached hydrogens (tertiary/aromatic N) is 3. The van der Waals surface area contributed by atoms with Crippen LogP contribution in [0.15, 0.2) is 15.4 Å². The van der Waals surface area contributed by atoms with Crippen LogP contribution in [0.5, 0.6) is 0 Å². The van der Waals surface area contributed by atoms with Crippen LogP contribution in [0.1, 0.15) is 21.9 Å². The Balaban J connectivity index is 2.25. The fourth-order valence-electron chi connectivity index (χ4n) is 1.47. The first-order chi connectivity index (χ1) is 7.59. The smallest absolute Gasteiger partial charge is 0.187 e. The van der Waals surface area contributed by atoms with Crippen molar-refractivity contribution in [1.29, 1.82) is 0 Å². The van der Waals surface area contributed by atoms with Crippen molar-refractivity contribution in [3.8, 4) is 0 Å². The van der Waals surface area contributed by atoms with Crippen molar-refractivity contribution in [3.05, 3.63) is 32.4 Å². The zero-order valence-corrected chi connectivity index (χ0v) is 11.3. The Morgan fingerprint density at radius 1 is 1.62 bits per heavy atom. The molecular formula is C10H10BrN3OS. The van der Waals surface area contributed by atoms with Gasteiger partial charge >= 0.3 is 0 Å². The highest BCUT2D eigenvalue weighted by atomic mass is 79.9. The average molecular weight is 300 g/mol. The van der Waals surface area contributed by atoms with Gasteiger partial charge in [-0.05, 0) is 22.9 Å². The highest BCUT2D eigenvalue weighted by molar-refractivity contribution is 9.10. The lowest BCUT2D eigenvalue weighted by Gasteiger charge is -2.00. The van der Waals surface area contributed by atoms with Crippen LogP contribution in [-0.2, 0) is 13.5 Å². The molecule has 0 atom stereocenters. The van der Waals surface area contributed by atoms with Gasteiger partial charge in [-0.2, -0.15) is 5.10 Å². The van der Waals surface area contributed by atoms with Gasteiger partial charge < -0.3 is 0 Å². The van der Waals surface area contributed by atoms with Crippen molar-refractivity contribution in [3.63, 3.8) is 0 Å². The fourth-order valence-corrected chi connectivity index (χ4v) is 2.50. The lowest BCUT2D eigenvalue weighted by molar-refractivity contribution is 0.0986. The van der Waals surface area contributed by atoms with Crippen molar-refractivity contribution in [2.24, 2.45) is 7.05 Å². The molecule has 0 saturated carbocycles. The van der Waals surface area contributed by atoms with E-state index in [1.807, 2.05) is 14.0 Å². The molecule has 0 amide bonds. The van der Waals surface area contributed by atoms with E-state index >= 15 is 0 Å². The normalized spacial score (nSPS) is 10.7. The van der Waals surface area contributed by atoms with Gasteiger partial charge in [-0.3, -0.25) is 9.48 Å². The second kappa shape index (κ2) is 4.47. The maximum Gasteiger partial charge on any atom is 0.187 e. The standard InChI is InChI=1S/C10H10BrN3OS/c1-6-10(11)8(14(2)13-6)3-9(15)7-4-16-5-12-7/h4-5H,3H2,1-2H3. The van der Waals surface area contributed by atoms with E-state index in [-0.39, 0.29) is 5.78 Å². The zero-order chi connectivity index (χ0) is 11.7. The summed E-state index contributed by atoms with van der Waals surface area (Å²) in [4.78, 5) is 15.9. The molecule has 2 heterocycles. The van der Waals surface area contributed by atoms with Crippen molar-refractivity contribution < 1.29 is 4.79 Å². The number of aryl methyl sites for hydroxylation is 2. The number of carbonyl (C=O) groups is 1. The molecule has 6 heteroatoms. The molecule has 0 aliphatic carbocycles. The monoisotopic (exact) mass is 299 g/mol. The van der Waals surface area contributed by atoms with Crippen LogP contribution in [0.2, 0.25) is 0 Å². The SMILES string of the molecule is Cc1nn(C)c(CC(=O)c2cscn2)c1Br. The fraction of sp³-hybridized carbons (Fsp3) is 0.300. The molecule has 2 aromatic heterocycles. The highest BCUT2D eigenvalue weighted by Crippen LogP contribution is 2.21. The second-order valence-electron chi connectivity index (χ2n) is 3.44. The largest absolute Gasteiger partial charge is 0.292 e. The molecule has 0 unspecified atom stereocenters. The molecule has 0 aliphatic heterocycles. The number of hydrogen-bond donors (Lipinski definition) is 0. The first kappa shape index (κ1) is 11.5. The molecule has 0 radical (unpaired) electrons. The van der Waals surface area contributed by atoms with E-state index in [4.69, 9.17) is 0 Å². The molecule has 84 valence electrons. The van der Waals surface area contributed by atoms with Gasteiger partial charge in [-0.25, -0.2) is 4.98 Å². The van der Waals surface area contributed by atoms with Gasteiger partial charge in [-0.15, -0.1) is 11.3 Å². The number of Topliss-reactive ketones (excluding diaryl/α,β-unsaturated/α-hetero) is 1. The summed E-state index contributed by atoms with van der Waals surface area (Å²) in [6.07, 6.45) is 0.321. The minimum atomic E-state index is 0.0185. The summed E-state index contributed by atoms with van der Waals surface area (Å²) in [7, 11) is 1.83. The predicted molar refractivity (Wildman–Crippen MR) is 65.8 cm³/mol. The van der Waals surface area contributed by atoms with Crippen molar-refractivity contribution in [2.45, 2.75) is 13.3 Å². The highest BCUT2D eigenvalue weighted by Gasteiger charge is 2.16. The number of rotatable bonds is 3. The van der Waals surface area contributed by atoms with E-state index in [0.29, 0.717) is 12.1 Å². The quantitative estimate of drug-likeness (QED) is 0.818. The Morgan fingerprint density at radius 3 is 2.88 bits per heavy atom. The molecule has 4 nitrogen and oxygen atoms in total. The zero-order valence-electron chi connectivity index (χ0n) is 8.90. The first-order valence-electron chi connectivity index (χ1n) is 4.69. The topological polar surface area (TPSA) is 47.8 Å². The van der Waals surface area contributed by atoms with E-state index in [1.54, 1.807) is 15.6 Å². The van der Waals surface area contributed by atoms with Gasteiger partial charge in [-0.1, -0.05) is 0 Å². The molecule has 0 spiro atoms. The van der Waals surface area contributed by atoms with Crippen LogP contribution < -0.4 is 0 Å². The Hall–Kier alpha value is -1.01. The summed E-state index contributed by atoms with van der Waals surface area (Å²) in [6, 6.07) is 0. The Kier molecular flexibility index (Phi) is 3.20. The van der Waals surface area contributed by atoms with E-state index in [9.17, 15) is 4.79 Å². The van der Waals surface area contributed by atoms with Crippen LogP contribution in [0, 0.1) is 6.92 Å². The van der Waals surface area contributed by atoms with Crippen molar-refractivity contribution in [2.75, 3.05) is 0 Å². The molecule has 0 bridgehead atoms. The average Bonchev–Trinajstić information content (AvgIpc) is 2.83. The van der Waals surface area contributed by atoms with Gasteiger partial charge in [0, 0.05) is 12.4 Å². The molecule has 0 aliphatic rings. The minimum Gasteiger partial charge on any atom is -0.292 e. The number of ketones is 1. The van der Waals surface area contributed by atoms with Crippen molar-refractivity contribution in [1.82, 2.24) is 14.8 Å². The lowest BCUT2D eigenvalue weighted by Crippen LogP contribution is -2.08. The Morgan fingerprint density at radius 2 is 2.38 bits per heavy atom. The van der Waals surface area contributed by atoms with Gasteiger partial charge in [0.05, 0.1) is 27.8 Å². The third-order valence-corrected chi connectivity index (χ3v) is 3.93. The number of thiazole rings is 1. The second-order valence-corrected chi connectivity index (χ2v) is 4.96. The van der Waals surface area contributed by atoms with E-state index < -0.39 is 0 Å². The van der Waals surface area contributed by atoms with Crippen LogP contribution in [0.4, 0.5) is 0 Å². The predicted octanol–water partition coefficient (Wildman–Crippen LogP) is 2.37. The minimum absolute atomic E-state index is 0.0185.